The summed E-state index contributed by atoms with van der Waals surface area (Å²) in [4.78, 5) is 50.4. The van der Waals surface area contributed by atoms with E-state index in [9.17, 15) is 29.4 Å². The van der Waals surface area contributed by atoms with Crippen LogP contribution >= 0.6 is 0 Å². The third-order valence-electron chi connectivity index (χ3n) is 9.57. The van der Waals surface area contributed by atoms with Crippen LogP contribution in [0.5, 0.6) is 0 Å². The molecule has 3 rings (SSSR count). The van der Waals surface area contributed by atoms with Gasteiger partial charge in [-0.1, -0.05) is 27.7 Å². The van der Waals surface area contributed by atoms with E-state index < -0.39 is 89.0 Å². The van der Waals surface area contributed by atoms with Gasteiger partial charge in [-0.25, -0.2) is 0 Å². The summed E-state index contributed by atoms with van der Waals surface area (Å²) in [5.74, 6) is -3.96. The van der Waals surface area contributed by atoms with Crippen molar-refractivity contribution < 1.29 is 53.1 Å². The third kappa shape index (κ3) is 7.36. The Labute approximate surface area is 255 Å². The van der Waals surface area contributed by atoms with Crippen LogP contribution in [0.3, 0.4) is 0 Å². The first kappa shape index (κ1) is 35.2. The lowest BCUT2D eigenvalue weighted by Gasteiger charge is -2.55. The van der Waals surface area contributed by atoms with Crippen molar-refractivity contribution in [2.75, 3.05) is 0 Å². The molecule has 0 aromatic rings. The number of ether oxygens (including phenoxy) is 5. The van der Waals surface area contributed by atoms with E-state index in [-0.39, 0.29) is 38.0 Å². The van der Waals surface area contributed by atoms with E-state index >= 15 is 0 Å². The van der Waals surface area contributed by atoms with Crippen molar-refractivity contribution in [2.45, 2.75) is 155 Å². The lowest BCUT2D eigenvalue weighted by molar-refractivity contribution is -0.243. The molecule has 11 heteroatoms. The van der Waals surface area contributed by atoms with Gasteiger partial charge in [0.15, 0.2) is 6.10 Å². The number of carbonyl (C=O) groups is 4. The van der Waals surface area contributed by atoms with Crippen molar-refractivity contribution in [3.63, 3.8) is 0 Å². The molecule has 3 fully saturated rings. The fourth-order valence-electron chi connectivity index (χ4n) is 7.84. The van der Waals surface area contributed by atoms with E-state index in [1.807, 2.05) is 27.7 Å². The number of aliphatic hydroxyl groups is 2. The zero-order chi connectivity index (χ0) is 32.5. The summed E-state index contributed by atoms with van der Waals surface area (Å²) in [6.07, 6.45) is -2.93. The highest BCUT2D eigenvalue weighted by Crippen LogP contribution is 2.59. The predicted molar refractivity (Wildman–Crippen MR) is 154 cm³/mol. The van der Waals surface area contributed by atoms with Crippen LogP contribution in [-0.2, 0) is 42.9 Å². The number of rotatable bonds is 9. The molecule has 0 radical (unpaired) electrons. The molecule has 246 valence electrons. The zero-order valence-corrected chi connectivity index (χ0v) is 27.2. The first-order valence-corrected chi connectivity index (χ1v) is 15.8. The van der Waals surface area contributed by atoms with Crippen molar-refractivity contribution in [3.05, 3.63) is 0 Å². The summed E-state index contributed by atoms with van der Waals surface area (Å²) in [5.41, 5.74) is -4.60. The van der Waals surface area contributed by atoms with Crippen LogP contribution in [0.4, 0.5) is 0 Å². The van der Waals surface area contributed by atoms with Crippen LogP contribution in [0.2, 0.25) is 0 Å². The van der Waals surface area contributed by atoms with Gasteiger partial charge in [-0.2, -0.15) is 0 Å². The summed E-state index contributed by atoms with van der Waals surface area (Å²) < 4.78 is 30.3. The lowest BCUT2D eigenvalue weighted by atomic mass is 9.55. The minimum atomic E-state index is -1.78. The summed E-state index contributed by atoms with van der Waals surface area (Å²) in [7, 11) is 0. The zero-order valence-electron chi connectivity index (χ0n) is 27.2. The first-order chi connectivity index (χ1) is 19.9. The van der Waals surface area contributed by atoms with Crippen LogP contribution in [0, 0.1) is 23.7 Å². The number of carbonyl (C=O) groups excluding carboxylic acids is 4. The van der Waals surface area contributed by atoms with Gasteiger partial charge in [0.1, 0.15) is 35.1 Å². The molecule has 0 amide bonds. The molecular formula is C32H52O11. The highest BCUT2D eigenvalue weighted by Gasteiger charge is 2.70. The van der Waals surface area contributed by atoms with Crippen molar-refractivity contribution in [2.24, 2.45) is 23.7 Å². The standard InChI is InChI=1S/C32H52O11/c1-10-12-22(35)42-27-24(17(3)4)25-26(32(9,38)29(27)40-19(6)34)20-16-30(7,37)21(39-18(5)33)14-15-31(8,28(25)41-20)43-23(36)13-11-2/h17,20-21,24-29,37-38H,10-16H2,1-9H3. The van der Waals surface area contributed by atoms with Crippen LogP contribution in [0.1, 0.15) is 107 Å². The summed E-state index contributed by atoms with van der Waals surface area (Å²) >= 11 is 0. The van der Waals surface area contributed by atoms with Gasteiger partial charge in [0.2, 0.25) is 0 Å². The lowest BCUT2D eigenvalue weighted by Crippen LogP contribution is -2.68. The molecule has 0 aromatic heterocycles. The predicted octanol–water partition coefficient (Wildman–Crippen LogP) is 3.64. The second kappa shape index (κ2) is 13.4. The maximum absolute atomic E-state index is 13.0. The van der Waals surface area contributed by atoms with Gasteiger partial charge in [0, 0.05) is 50.9 Å². The van der Waals surface area contributed by atoms with E-state index in [1.54, 1.807) is 20.8 Å². The van der Waals surface area contributed by atoms with Gasteiger partial charge in [-0.3, -0.25) is 19.2 Å². The number of fused-ring (bicyclic) bond motifs is 5. The monoisotopic (exact) mass is 612 g/mol. The van der Waals surface area contributed by atoms with Crippen LogP contribution in [0.25, 0.3) is 0 Å². The fourth-order valence-corrected chi connectivity index (χ4v) is 7.84. The Balaban J connectivity index is 2.25. The molecule has 2 bridgehead atoms. The minimum absolute atomic E-state index is 0.0182. The molecule has 11 unspecified atom stereocenters. The highest BCUT2D eigenvalue weighted by atomic mass is 16.6. The maximum atomic E-state index is 13.0. The molecule has 2 heterocycles. The Morgan fingerprint density at radius 3 is 2.02 bits per heavy atom. The largest absolute Gasteiger partial charge is 0.460 e. The Kier molecular flexibility index (Phi) is 11.0. The van der Waals surface area contributed by atoms with Gasteiger partial charge in [-0.15, -0.1) is 0 Å². The first-order valence-electron chi connectivity index (χ1n) is 15.8. The van der Waals surface area contributed by atoms with E-state index in [0.29, 0.717) is 12.8 Å². The smallest absolute Gasteiger partial charge is 0.306 e. The molecule has 1 saturated carbocycles. The molecule has 1 aliphatic carbocycles. The van der Waals surface area contributed by atoms with E-state index in [0.717, 1.165) is 0 Å². The molecule has 2 N–H and O–H groups in total. The van der Waals surface area contributed by atoms with Crippen molar-refractivity contribution in [3.8, 4) is 0 Å². The Bertz CT molecular complexity index is 1040. The number of hydrogen-bond acceptors (Lipinski definition) is 11. The molecule has 0 spiro atoms. The number of hydrogen-bond donors (Lipinski definition) is 2. The average Bonchev–Trinajstić information content (AvgIpc) is 3.24. The second-order valence-electron chi connectivity index (χ2n) is 13.7. The van der Waals surface area contributed by atoms with E-state index in [1.165, 1.54) is 13.8 Å². The van der Waals surface area contributed by atoms with Crippen LogP contribution < -0.4 is 0 Å². The van der Waals surface area contributed by atoms with E-state index in [4.69, 9.17) is 23.7 Å². The van der Waals surface area contributed by atoms with Gasteiger partial charge < -0.3 is 33.9 Å². The molecule has 11 nitrogen and oxygen atoms in total. The summed E-state index contributed by atoms with van der Waals surface area (Å²) in [6, 6.07) is 0. The average molecular weight is 613 g/mol. The Hall–Kier alpha value is -2.24. The molecule has 2 saturated heterocycles. The molecule has 43 heavy (non-hydrogen) atoms. The SMILES string of the molecule is CCCC(=O)OC1C(C(C)C)C2C3OC(CC(C)(O)C(OC(C)=O)CCC3(C)OC(=O)CCC)C2C(C)(O)C1OC(C)=O. The fraction of sp³-hybridized carbons (Fsp3) is 0.875. The molecule has 0 aromatic carbocycles. The van der Waals surface area contributed by atoms with Crippen molar-refractivity contribution in [1.82, 2.24) is 0 Å². The number of esters is 4. The topological polar surface area (TPSA) is 155 Å². The molecule has 11 atom stereocenters. The normalized spacial score (nSPS) is 40.8. The molecular weight excluding hydrogens is 560 g/mol. The third-order valence-corrected chi connectivity index (χ3v) is 9.57. The van der Waals surface area contributed by atoms with Gasteiger partial charge in [0.25, 0.3) is 0 Å². The molecule has 3 aliphatic rings. The van der Waals surface area contributed by atoms with Crippen molar-refractivity contribution in [1.29, 1.82) is 0 Å². The summed E-state index contributed by atoms with van der Waals surface area (Å²) in [5, 5.41) is 24.1. The second-order valence-corrected chi connectivity index (χ2v) is 13.7. The van der Waals surface area contributed by atoms with Crippen LogP contribution in [0.15, 0.2) is 0 Å². The maximum Gasteiger partial charge on any atom is 0.306 e. The van der Waals surface area contributed by atoms with Gasteiger partial charge in [0.05, 0.1) is 6.10 Å². The Morgan fingerprint density at radius 1 is 0.907 bits per heavy atom. The summed E-state index contributed by atoms with van der Waals surface area (Å²) in [6.45, 7) is 15.0. The van der Waals surface area contributed by atoms with Gasteiger partial charge >= 0.3 is 23.9 Å². The van der Waals surface area contributed by atoms with E-state index in [2.05, 4.69) is 0 Å². The molecule has 2 aliphatic heterocycles. The van der Waals surface area contributed by atoms with Crippen molar-refractivity contribution >= 4 is 23.9 Å². The highest BCUT2D eigenvalue weighted by molar-refractivity contribution is 5.70. The minimum Gasteiger partial charge on any atom is -0.460 e. The quantitative estimate of drug-likeness (QED) is 0.290. The Morgan fingerprint density at radius 2 is 1.49 bits per heavy atom. The van der Waals surface area contributed by atoms with Crippen LogP contribution in [-0.4, -0.2) is 81.4 Å². The van der Waals surface area contributed by atoms with Gasteiger partial charge in [-0.05, 0) is 52.4 Å².